The van der Waals surface area contributed by atoms with E-state index >= 15 is 0 Å². The zero-order valence-electron chi connectivity index (χ0n) is 14.3. The van der Waals surface area contributed by atoms with Gasteiger partial charge in [-0.3, -0.25) is 14.6 Å². The minimum absolute atomic E-state index is 0.0132. The number of rotatable bonds is 8. The second kappa shape index (κ2) is 10.0. The molecule has 2 rings (SSSR count). The van der Waals surface area contributed by atoms with Crippen LogP contribution in [0.2, 0.25) is 0 Å². The van der Waals surface area contributed by atoms with Crippen molar-refractivity contribution in [2.45, 2.75) is 38.6 Å². The first-order valence-electron chi connectivity index (χ1n) is 8.64. The molecule has 132 valence electrons. The van der Waals surface area contributed by atoms with Crippen molar-refractivity contribution in [1.82, 2.24) is 15.6 Å². The molecule has 1 fully saturated rings. The maximum absolute atomic E-state index is 12.2. The van der Waals surface area contributed by atoms with E-state index < -0.39 is 0 Å². The van der Waals surface area contributed by atoms with Crippen LogP contribution in [0.4, 0.5) is 0 Å². The lowest BCUT2D eigenvalue weighted by atomic mass is 9.81. The van der Waals surface area contributed by atoms with E-state index in [4.69, 9.17) is 4.74 Å². The third kappa shape index (κ3) is 5.92. The highest BCUT2D eigenvalue weighted by molar-refractivity contribution is 5.81. The van der Waals surface area contributed by atoms with Gasteiger partial charge in [0.15, 0.2) is 0 Å². The molecule has 0 aromatic carbocycles. The van der Waals surface area contributed by atoms with E-state index in [0.29, 0.717) is 19.7 Å². The lowest BCUT2D eigenvalue weighted by Gasteiger charge is -2.27. The summed E-state index contributed by atoms with van der Waals surface area (Å²) in [6.07, 6.45) is 7.40. The molecule has 6 nitrogen and oxygen atoms in total. The Hall–Kier alpha value is -1.95. The molecule has 0 aliphatic heterocycles. The van der Waals surface area contributed by atoms with Crippen molar-refractivity contribution in [1.29, 1.82) is 0 Å². The summed E-state index contributed by atoms with van der Waals surface area (Å²) < 4.78 is 4.96. The third-order valence-corrected chi connectivity index (χ3v) is 4.48. The molecule has 1 saturated carbocycles. The maximum Gasteiger partial charge on any atom is 0.223 e. The summed E-state index contributed by atoms with van der Waals surface area (Å²) >= 11 is 0. The third-order valence-electron chi connectivity index (χ3n) is 4.48. The topological polar surface area (TPSA) is 80.3 Å². The van der Waals surface area contributed by atoms with E-state index in [-0.39, 0.29) is 23.7 Å². The van der Waals surface area contributed by atoms with Gasteiger partial charge in [0.25, 0.3) is 0 Å². The number of hydrogen-bond donors (Lipinski definition) is 2. The van der Waals surface area contributed by atoms with Gasteiger partial charge in [0.05, 0.1) is 0 Å². The SMILES string of the molecule is COCCCNC(=O)C1CCC(C(=O)NCc2cccnc2)CC1. The van der Waals surface area contributed by atoms with E-state index in [1.54, 1.807) is 19.5 Å². The van der Waals surface area contributed by atoms with Crippen LogP contribution in [0.1, 0.15) is 37.7 Å². The van der Waals surface area contributed by atoms with E-state index in [9.17, 15) is 9.59 Å². The smallest absolute Gasteiger partial charge is 0.223 e. The van der Waals surface area contributed by atoms with Gasteiger partial charge < -0.3 is 15.4 Å². The minimum Gasteiger partial charge on any atom is -0.385 e. The highest BCUT2D eigenvalue weighted by Crippen LogP contribution is 2.29. The summed E-state index contributed by atoms with van der Waals surface area (Å²) in [6.45, 7) is 1.81. The fourth-order valence-corrected chi connectivity index (χ4v) is 3.03. The van der Waals surface area contributed by atoms with Crippen molar-refractivity contribution < 1.29 is 14.3 Å². The molecular weight excluding hydrogens is 306 g/mol. The fourth-order valence-electron chi connectivity index (χ4n) is 3.03. The quantitative estimate of drug-likeness (QED) is 0.709. The van der Waals surface area contributed by atoms with Crippen LogP contribution in [0.5, 0.6) is 0 Å². The molecule has 24 heavy (non-hydrogen) atoms. The molecule has 0 bridgehead atoms. The van der Waals surface area contributed by atoms with Gasteiger partial charge in [0, 0.05) is 51.0 Å². The minimum atomic E-state index is 0.0132. The Bertz CT molecular complexity index is 514. The first-order valence-corrected chi connectivity index (χ1v) is 8.64. The van der Waals surface area contributed by atoms with Gasteiger partial charge in [-0.05, 0) is 43.7 Å². The van der Waals surface area contributed by atoms with Crippen LogP contribution in [0.15, 0.2) is 24.5 Å². The highest BCUT2D eigenvalue weighted by Gasteiger charge is 2.29. The molecule has 1 heterocycles. The molecule has 1 aromatic heterocycles. The summed E-state index contributed by atoms with van der Waals surface area (Å²) in [6, 6.07) is 3.80. The Kier molecular flexibility index (Phi) is 7.68. The van der Waals surface area contributed by atoms with Gasteiger partial charge in [-0.1, -0.05) is 6.07 Å². The van der Waals surface area contributed by atoms with Crippen molar-refractivity contribution >= 4 is 11.8 Å². The predicted octanol–water partition coefficient (Wildman–Crippen LogP) is 1.66. The van der Waals surface area contributed by atoms with Crippen LogP contribution in [-0.2, 0) is 20.9 Å². The second-order valence-corrected chi connectivity index (χ2v) is 6.27. The predicted molar refractivity (Wildman–Crippen MR) is 91.0 cm³/mol. The van der Waals surface area contributed by atoms with E-state index in [2.05, 4.69) is 15.6 Å². The largest absolute Gasteiger partial charge is 0.385 e. The standard InChI is InChI=1S/C18H27N3O3/c1-24-11-3-10-20-17(22)15-5-7-16(8-6-15)18(23)21-13-14-4-2-9-19-12-14/h2,4,9,12,15-16H,3,5-8,10-11,13H2,1H3,(H,20,22)(H,21,23). The van der Waals surface area contributed by atoms with Gasteiger partial charge in [-0.2, -0.15) is 0 Å². The molecule has 0 atom stereocenters. The van der Waals surface area contributed by atoms with Crippen LogP contribution in [0.25, 0.3) is 0 Å². The first-order chi connectivity index (χ1) is 11.7. The molecule has 0 unspecified atom stereocenters. The summed E-state index contributed by atoms with van der Waals surface area (Å²) in [4.78, 5) is 28.4. The van der Waals surface area contributed by atoms with Gasteiger partial charge in [0.2, 0.25) is 11.8 Å². The summed E-state index contributed by atoms with van der Waals surface area (Å²) in [5.74, 6) is 0.243. The monoisotopic (exact) mass is 333 g/mol. The molecule has 6 heteroatoms. The zero-order valence-corrected chi connectivity index (χ0v) is 14.3. The lowest BCUT2D eigenvalue weighted by Crippen LogP contribution is -2.37. The molecule has 0 spiro atoms. The summed E-state index contributed by atoms with van der Waals surface area (Å²) in [5.41, 5.74) is 0.995. The fraction of sp³-hybridized carbons (Fsp3) is 0.611. The number of nitrogens with one attached hydrogen (secondary N) is 2. The van der Waals surface area contributed by atoms with Crippen LogP contribution >= 0.6 is 0 Å². The van der Waals surface area contributed by atoms with Crippen molar-refractivity contribution in [2.75, 3.05) is 20.3 Å². The number of carbonyl (C=O) groups is 2. The van der Waals surface area contributed by atoms with Crippen molar-refractivity contribution in [3.05, 3.63) is 30.1 Å². The number of pyridine rings is 1. The van der Waals surface area contributed by atoms with Crippen molar-refractivity contribution in [3.8, 4) is 0 Å². The molecular formula is C18H27N3O3. The molecule has 0 radical (unpaired) electrons. The first kappa shape index (κ1) is 18.4. The number of hydrogen-bond acceptors (Lipinski definition) is 4. The Balaban J connectivity index is 1.66. The van der Waals surface area contributed by atoms with Gasteiger partial charge >= 0.3 is 0 Å². The van der Waals surface area contributed by atoms with Crippen LogP contribution in [-0.4, -0.2) is 37.1 Å². The number of aromatic nitrogens is 1. The van der Waals surface area contributed by atoms with Crippen molar-refractivity contribution in [2.24, 2.45) is 11.8 Å². The highest BCUT2D eigenvalue weighted by atomic mass is 16.5. The molecule has 1 aromatic rings. The van der Waals surface area contributed by atoms with E-state index in [1.807, 2.05) is 12.1 Å². The number of amides is 2. The Morgan fingerprint density at radius 2 is 1.83 bits per heavy atom. The molecule has 1 aliphatic carbocycles. The van der Waals surface area contributed by atoms with Gasteiger partial charge in [-0.15, -0.1) is 0 Å². The normalized spacial score (nSPS) is 20.4. The lowest BCUT2D eigenvalue weighted by molar-refractivity contribution is -0.130. The summed E-state index contributed by atoms with van der Waals surface area (Å²) in [5, 5.41) is 5.92. The molecule has 0 saturated heterocycles. The Labute approximate surface area is 143 Å². The number of nitrogens with zero attached hydrogens (tertiary/aromatic N) is 1. The van der Waals surface area contributed by atoms with E-state index in [1.165, 1.54) is 0 Å². The van der Waals surface area contributed by atoms with Crippen LogP contribution in [0, 0.1) is 11.8 Å². The maximum atomic E-state index is 12.2. The molecule has 1 aliphatic rings. The van der Waals surface area contributed by atoms with Crippen LogP contribution < -0.4 is 10.6 Å². The van der Waals surface area contributed by atoms with Gasteiger partial charge in [-0.25, -0.2) is 0 Å². The summed E-state index contributed by atoms with van der Waals surface area (Å²) in [7, 11) is 1.66. The number of carbonyl (C=O) groups excluding carboxylic acids is 2. The molecule has 2 amide bonds. The van der Waals surface area contributed by atoms with Gasteiger partial charge in [0.1, 0.15) is 0 Å². The second-order valence-electron chi connectivity index (χ2n) is 6.27. The zero-order chi connectivity index (χ0) is 17.2. The number of methoxy groups -OCH3 is 1. The number of ether oxygens (including phenoxy) is 1. The van der Waals surface area contributed by atoms with E-state index in [0.717, 1.165) is 37.7 Å². The molecule has 2 N–H and O–H groups in total. The van der Waals surface area contributed by atoms with Crippen molar-refractivity contribution in [3.63, 3.8) is 0 Å². The Morgan fingerprint density at radius 3 is 2.42 bits per heavy atom. The average molecular weight is 333 g/mol. The van der Waals surface area contributed by atoms with Crippen LogP contribution in [0.3, 0.4) is 0 Å². The average Bonchev–Trinajstić information content (AvgIpc) is 2.64. The Morgan fingerprint density at radius 1 is 1.17 bits per heavy atom.